The van der Waals surface area contributed by atoms with E-state index in [1.165, 1.54) is 17.9 Å². The van der Waals surface area contributed by atoms with Crippen LogP contribution in [0.25, 0.3) is 21.7 Å². The van der Waals surface area contributed by atoms with Crippen LogP contribution in [-0.2, 0) is 23.8 Å². The number of hydrogen-bond donors (Lipinski definition) is 0. The zero-order valence-electron chi connectivity index (χ0n) is 28.9. The van der Waals surface area contributed by atoms with Crippen LogP contribution in [0.4, 0.5) is 9.59 Å². The van der Waals surface area contributed by atoms with E-state index in [9.17, 15) is 24.0 Å². The first-order chi connectivity index (χ1) is 21.6. The monoisotopic (exact) mass is 655 g/mol. The van der Waals surface area contributed by atoms with Gasteiger partial charge in [-0.2, -0.15) is 0 Å². The average Bonchev–Trinajstić information content (AvgIpc) is 3.35. The van der Waals surface area contributed by atoms with Crippen LogP contribution in [0.3, 0.4) is 0 Å². The van der Waals surface area contributed by atoms with E-state index in [1.54, 1.807) is 86.6 Å². The van der Waals surface area contributed by atoms with Gasteiger partial charge in [-0.05, 0) is 74.8 Å². The molecule has 1 heterocycles. The zero-order chi connectivity index (χ0) is 35.3. The van der Waals surface area contributed by atoms with Crippen LogP contribution in [0.5, 0.6) is 11.5 Å². The fraction of sp³-hybridized carbons (Fsp3) is 0.514. The molecule has 0 radical (unpaired) electrons. The molecule has 2 aromatic carbocycles. The van der Waals surface area contributed by atoms with Crippen LogP contribution >= 0.6 is 0 Å². The quantitative estimate of drug-likeness (QED) is 0.0694. The SMILES string of the molecule is CC(=O)c1cc2c(OC(=O)CCCN(CCC(=O)OC(C)(C)C)C(=O)OC(C)(C)C)c3ccccc3c(OC(=O)OC(C)(C)C)c2o1. The summed E-state index contributed by atoms with van der Waals surface area (Å²) in [5, 5.41) is 1.06. The molecule has 0 saturated carbocycles. The minimum absolute atomic E-state index is 0.00939. The topological polar surface area (TPSA) is 148 Å². The summed E-state index contributed by atoms with van der Waals surface area (Å²) in [6, 6.07) is 8.19. The van der Waals surface area contributed by atoms with Crippen molar-refractivity contribution in [3.05, 3.63) is 36.1 Å². The first-order valence-corrected chi connectivity index (χ1v) is 15.4. The lowest BCUT2D eigenvalue weighted by Crippen LogP contribution is -2.39. The van der Waals surface area contributed by atoms with Crippen molar-refractivity contribution >= 4 is 51.7 Å². The lowest BCUT2D eigenvalue weighted by molar-refractivity contribution is -0.155. The second-order valence-electron chi connectivity index (χ2n) is 14.1. The Balaban J connectivity index is 1.86. The third-order valence-electron chi connectivity index (χ3n) is 6.20. The van der Waals surface area contributed by atoms with Crippen LogP contribution in [-0.4, -0.2) is 64.8 Å². The maximum atomic E-state index is 13.2. The molecular weight excluding hydrogens is 610 g/mol. The van der Waals surface area contributed by atoms with Gasteiger partial charge in [-0.15, -0.1) is 0 Å². The molecule has 0 spiro atoms. The predicted molar refractivity (Wildman–Crippen MR) is 174 cm³/mol. The Kier molecular flexibility index (Phi) is 11.3. The highest BCUT2D eigenvalue weighted by atomic mass is 16.7. The van der Waals surface area contributed by atoms with E-state index in [2.05, 4.69) is 0 Å². The average molecular weight is 656 g/mol. The third-order valence-corrected chi connectivity index (χ3v) is 6.20. The fourth-order valence-corrected chi connectivity index (χ4v) is 4.43. The number of esters is 2. The smallest absolute Gasteiger partial charge is 0.460 e. The Morgan fingerprint density at radius 1 is 0.681 bits per heavy atom. The van der Waals surface area contributed by atoms with E-state index >= 15 is 0 Å². The van der Waals surface area contributed by atoms with Crippen LogP contribution in [0, 0.1) is 0 Å². The van der Waals surface area contributed by atoms with Crippen molar-refractivity contribution in [2.45, 2.75) is 105 Å². The molecular formula is C35H45NO11. The van der Waals surface area contributed by atoms with Gasteiger partial charge in [0.1, 0.15) is 22.6 Å². The normalized spacial score (nSPS) is 12.0. The summed E-state index contributed by atoms with van der Waals surface area (Å²) in [6.45, 7) is 17.0. The van der Waals surface area contributed by atoms with Gasteiger partial charge in [-0.3, -0.25) is 14.4 Å². The number of carbonyl (C=O) groups excluding carboxylic acids is 5. The van der Waals surface area contributed by atoms with Gasteiger partial charge in [0, 0.05) is 37.2 Å². The molecule has 0 aliphatic heterocycles. The third kappa shape index (κ3) is 11.0. The molecule has 1 amide bonds. The first kappa shape index (κ1) is 36.9. The van der Waals surface area contributed by atoms with Gasteiger partial charge in [0.05, 0.1) is 11.8 Å². The number of Topliss-reactive ketones (excluding diaryl/α,β-unsaturated/α-hetero) is 1. The molecule has 0 aliphatic carbocycles. The molecule has 3 aromatic rings. The molecule has 0 N–H and O–H groups in total. The standard InChI is InChI=1S/C35H45NO11/c1-21(37)25-20-24-28(22-14-11-12-15-23(22)29(30(24)42-25)44-32(41)47-35(8,9)10)43-26(38)16-13-18-36(31(40)46-34(5,6)7)19-17-27(39)45-33(2,3)4/h11-12,14-15,20H,13,16-19H2,1-10H3. The van der Waals surface area contributed by atoms with Gasteiger partial charge in [0.2, 0.25) is 0 Å². The van der Waals surface area contributed by atoms with Crippen LogP contribution < -0.4 is 9.47 Å². The van der Waals surface area contributed by atoms with Gasteiger partial charge >= 0.3 is 24.2 Å². The van der Waals surface area contributed by atoms with Crippen molar-refractivity contribution in [3.8, 4) is 11.5 Å². The summed E-state index contributed by atoms with van der Waals surface area (Å²) < 4.78 is 33.5. The van der Waals surface area contributed by atoms with E-state index in [0.717, 1.165) is 0 Å². The second kappa shape index (κ2) is 14.4. The Morgan fingerprint density at radius 3 is 1.81 bits per heavy atom. The van der Waals surface area contributed by atoms with Gasteiger partial charge < -0.3 is 33.0 Å². The summed E-state index contributed by atoms with van der Waals surface area (Å²) in [6.07, 6.45) is -1.57. The van der Waals surface area contributed by atoms with Crippen molar-refractivity contribution < 1.29 is 52.1 Å². The van der Waals surface area contributed by atoms with Crippen LogP contribution in [0.2, 0.25) is 0 Å². The highest BCUT2D eigenvalue weighted by Gasteiger charge is 2.28. The summed E-state index contributed by atoms with van der Waals surface area (Å²) in [4.78, 5) is 64.7. The Labute approximate surface area is 274 Å². The molecule has 0 unspecified atom stereocenters. The Bertz CT molecular complexity index is 1650. The largest absolute Gasteiger partial charge is 0.514 e. The van der Waals surface area contributed by atoms with Crippen molar-refractivity contribution in [3.63, 3.8) is 0 Å². The molecule has 0 saturated heterocycles. The first-order valence-electron chi connectivity index (χ1n) is 15.4. The number of ketones is 1. The Hall–Kier alpha value is -4.61. The maximum Gasteiger partial charge on any atom is 0.514 e. The number of rotatable bonds is 10. The van der Waals surface area contributed by atoms with E-state index in [0.29, 0.717) is 10.8 Å². The number of hydrogen-bond acceptors (Lipinski definition) is 11. The maximum absolute atomic E-state index is 13.2. The number of amides is 1. The molecule has 12 nitrogen and oxygen atoms in total. The van der Waals surface area contributed by atoms with E-state index in [-0.39, 0.29) is 66.4 Å². The fourth-order valence-electron chi connectivity index (χ4n) is 4.43. The van der Waals surface area contributed by atoms with Crippen molar-refractivity contribution in [2.24, 2.45) is 0 Å². The van der Waals surface area contributed by atoms with E-state index < -0.39 is 41.0 Å². The van der Waals surface area contributed by atoms with Gasteiger partial charge in [0.25, 0.3) is 0 Å². The van der Waals surface area contributed by atoms with Crippen molar-refractivity contribution in [1.82, 2.24) is 4.90 Å². The van der Waals surface area contributed by atoms with Crippen LogP contribution in [0.1, 0.15) is 99.1 Å². The lowest BCUT2D eigenvalue weighted by atomic mass is 10.0. The van der Waals surface area contributed by atoms with Crippen molar-refractivity contribution in [2.75, 3.05) is 13.1 Å². The minimum atomic E-state index is -0.976. The highest BCUT2D eigenvalue weighted by Crippen LogP contribution is 2.44. The minimum Gasteiger partial charge on any atom is -0.460 e. The number of ether oxygens (including phenoxy) is 5. The zero-order valence-corrected chi connectivity index (χ0v) is 28.9. The van der Waals surface area contributed by atoms with E-state index in [4.69, 9.17) is 28.1 Å². The summed E-state index contributed by atoms with van der Waals surface area (Å²) in [7, 11) is 0. The molecule has 47 heavy (non-hydrogen) atoms. The summed E-state index contributed by atoms with van der Waals surface area (Å²) in [5.41, 5.74) is -2.24. The van der Waals surface area contributed by atoms with Crippen LogP contribution in [0.15, 0.2) is 34.7 Å². The molecule has 0 fully saturated rings. The number of benzene rings is 2. The second-order valence-corrected chi connectivity index (χ2v) is 14.1. The molecule has 0 aliphatic rings. The molecule has 3 rings (SSSR count). The van der Waals surface area contributed by atoms with Crippen molar-refractivity contribution in [1.29, 1.82) is 0 Å². The lowest BCUT2D eigenvalue weighted by Gasteiger charge is -2.27. The summed E-state index contributed by atoms with van der Waals surface area (Å²) >= 11 is 0. The molecule has 256 valence electrons. The number of furan rings is 1. The number of carbonyl (C=O) groups is 5. The predicted octanol–water partition coefficient (Wildman–Crippen LogP) is 7.76. The number of nitrogens with zero attached hydrogens (tertiary/aromatic N) is 1. The van der Waals surface area contributed by atoms with Gasteiger partial charge in [-0.25, -0.2) is 9.59 Å². The molecule has 12 heteroatoms. The summed E-state index contributed by atoms with van der Waals surface area (Å²) in [5.74, 6) is -1.39. The molecule has 0 bridgehead atoms. The molecule has 1 aromatic heterocycles. The highest BCUT2D eigenvalue weighted by molar-refractivity contribution is 6.12. The van der Waals surface area contributed by atoms with Gasteiger partial charge in [0.15, 0.2) is 22.9 Å². The number of fused-ring (bicyclic) bond motifs is 2. The Morgan fingerprint density at radius 2 is 1.26 bits per heavy atom. The van der Waals surface area contributed by atoms with Gasteiger partial charge in [-0.1, -0.05) is 24.3 Å². The van der Waals surface area contributed by atoms with E-state index in [1.807, 2.05) is 0 Å². The molecule has 0 atom stereocenters.